The number of aromatic nitrogens is 2. The molecule has 0 aromatic carbocycles. The predicted octanol–water partition coefficient (Wildman–Crippen LogP) is 1.72. The summed E-state index contributed by atoms with van der Waals surface area (Å²) in [4.78, 5) is 14.3. The third-order valence-corrected chi connectivity index (χ3v) is 3.45. The van der Waals surface area contributed by atoms with Crippen LogP contribution in [0.15, 0.2) is 6.07 Å². The summed E-state index contributed by atoms with van der Waals surface area (Å²) in [6, 6.07) is 4.05. The Balaban J connectivity index is 2.24. The van der Waals surface area contributed by atoms with E-state index in [1.807, 2.05) is 13.8 Å². The van der Waals surface area contributed by atoms with Gasteiger partial charge in [0, 0.05) is 13.1 Å². The third kappa shape index (κ3) is 2.90. The van der Waals surface area contributed by atoms with Gasteiger partial charge in [0.1, 0.15) is 0 Å². The van der Waals surface area contributed by atoms with Crippen LogP contribution in [-0.4, -0.2) is 34.1 Å². The Morgan fingerprint density at radius 1 is 1.58 bits per heavy atom. The van der Waals surface area contributed by atoms with Crippen molar-refractivity contribution in [2.45, 2.75) is 33.1 Å². The second-order valence-electron chi connectivity index (χ2n) is 4.92. The van der Waals surface area contributed by atoms with Crippen molar-refractivity contribution >= 4 is 5.91 Å². The van der Waals surface area contributed by atoms with Gasteiger partial charge in [0.05, 0.1) is 28.9 Å². The first kappa shape index (κ1) is 13.5. The van der Waals surface area contributed by atoms with Crippen LogP contribution in [0.1, 0.15) is 41.5 Å². The molecule has 19 heavy (non-hydrogen) atoms. The van der Waals surface area contributed by atoms with Gasteiger partial charge in [-0.2, -0.15) is 15.5 Å². The van der Waals surface area contributed by atoms with E-state index in [4.69, 9.17) is 5.26 Å². The Bertz CT molecular complexity index is 521. The zero-order valence-electron chi connectivity index (χ0n) is 11.4. The maximum absolute atomic E-state index is 12.5. The number of piperidine rings is 1. The van der Waals surface area contributed by atoms with E-state index in [1.165, 1.54) is 0 Å². The molecule has 0 bridgehead atoms. The topological polar surface area (TPSA) is 69.9 Å². The van der Waals surface area contributed by atoms with Crippen LogP contribution in [-0.2, 0) is 6.42 Å². The lowest BCUT2D eigenvalue weighted by molar-refractivity contribution is 0.0696. The molecule has 1 aromatic heterocycles. The molecule has 1 saturated heterocycles. The van der Waals surface area contributed by atoms with Gasteiger partial charge in [0.15, 0.2) is 0 Å². The van der Waals surface area contributed by atoms with Crippen LogP contribution in [0.3, 0.4) is 0 Å². The van der Waals surface area contributed by atoms with Crippen LogP contribution in [0.2, 0.25) is 0 Å². The lowest BCUT2D eigenvalue weighted by Crippen LogP contribution is -2.40. The molecule has 0 saturated carbocycles. The van der Waals surface area contributed by atoms with E-state index in [-0.39, 0.29) is 11.8 Å². The van der Waals surface area contributed by atoms with Crippen LogP contribution >= 0.6 is 0 Å². The van der Waals surface area contributed by atoms with E-state index in [0.717, 1.165) is 30.8 Å². The minimum Gasteiger partial charge on any atom is -0.337 e. The van der Waals surface area contributed by atoms with E-state index < -0.39 is 0 Å². The number of aryl methyl sites for hydroxylation is 2. The number of nitrogens with zero attached hydrogens (tertiary/aromatic N) is 4. The average molecular weight is 258 g/mol. The number of likely N-dealkylation sites (tertiary alicyclic amines) is 1. The van der Waals surface area contributed by atoms with Crippen LogP contribution in [0, 0.1) is 24.2 Å². The van der Waals surface area contributed by atoms with Gasteiger partial charge in [-0.25, -0.2) is 0 Å². The van der Waals surface area contributed by atoms with Gasteiger partial charge in [-0.15, -0.1) is 0 Å². The summed E-state index contributed by atoms with van der Waals surface area (Å²) in [5.74, 6) is -0.0616. The predicted molar refractivity (Wildman–Crippen MR) is 70.4 cm³/mol. The monoisotopic (exact) mass is 258 g/mol. The highest BCUT2D eigenvalue weighted by Gasteiger charge is 2.26. The van der Waals surface area contributed by atoms with Crippen molar-refractivity contribution in [3.8, 4) is 6.07 Å². The quantitative estimate of drug-likeness (QED) is 0.810. The largest absolute Gasteiger partial charge is 0.337 e. The summed E-state index contributed by atoms with van der Waals surface area (Å²) in [6.45, 7) is 5.04. The van der Waals surface area contributed by atoms with E-state index in [1.54, 1.807) is 11.0 Å². The normalized spacial score (nSPS) is 19.0. The van der Waals surface area contributed by atoms with Gasteiger partial charge in [-0.1, -0.05) is 6.92 Å². The summed E-state index contributed by atoms with van der Waals surface area (Å²) in [7, 11) is 0. The van der Waals surface area contributed by atoms with Crippen molar-refractivity contribution in [1.82, 2.24) is 15.1 Å². The van der Waals surface area contributed by atoms with Crippen molar-refractivity contribution in [2.24, 2.45) is 5.92 Å². The lowest BCUT2D eigenvalue weighted by atomic mass is 9.98. The van der Waals surface area contributed by atoms with E-state index in [0.29, 0.717) is 18.5 Å². The van der Waals surface area contributed by atoms with Crippen LogP contribution in [0.4, 0.5) is 0 Å². The molecule has 1 fully saturated rings. The minimum atomic E-state index is -0.0429. The Morgan fingerprint density at radius 3 is 3.05 bits per heavy atom. The molecular formula is C14H18N4O. The summed E-state index contributed by atoms with van der Waals surface area (Å²) in [6.07, 6.45) is 2.46. The Morgan fingerprint density at radius 2 is 2.37 bits per heavy atom. The maximum Gasteiger partial charge on any atom is 0.255 e. The van der Waals surface area contributed by atoms with Crippen LogP contribution in [0.25, 0.3) is 0 Å². The fourth-order valence-electron chi connectivity index (χ4n) is 2.40. The SMILES string of the molecule is CCc1nnc(C)cc1C(=O)N1CCCC(C#N)C1. The highest BCUT2D eigenvalue weighted by atomic mass is 16.2. The standard InChI is InChI=1S/C14H18N4O/c1-3-13-12(7-10(2)16-17-13)14(19)18-6-4-5-11(8-15)9-18/h7,11H,3-6,9H2,1-2H3. The molecule has 0 N–H and O–H groups in total. The Hall–Kier alpha value is -1.96. The number of hydrogen-bond donors (Lipinski definition) is 0. The summed E-state index contributed by atoms with van der Waals surface area (Å²) in [5.41, 5.74) is 2.11. The van der Waals surface area contributed by atoms with Gasteiger partial charge in [0.2, 0.25) is 0 Å². The number of rotatable bonds is 2. The fraction of sp³-hybridized carbons (Fsp3) is 0.571. The molecule has 5 nitrogen and oxygen atoms in total. The number of amides is 1. The minimum absolute atomic E-state index is 0.0187. The average Bonchev–Trinajstić information content (AvgIpc) is 2.46. The molecule has 100 valence electrons. The first-order valence-electron chi connectivity index (χ1n) is 6.67. The zero-order chi connectivity index (χ0) is 13.8. The Kier molecular flexibility index (Phi) is 4.10. The highest BCUT2D eigenvalue weighted by Crippen LogP contribution is 2.19. The summed E-state index contributed by atoms with van der Waals surface area (Å²) >= 11 is 0. The third-order valence-electron chi connectivity index (χ3n) is 3.45. The van der Waals surface area contributed by atoms with Gasteiger partial charge < -0.3 is 4.90 Å². The van der Waals surface area contributed by atoms with Crippen molar-refractivity contribution in [3.63, 3.8) is 0 Å². The van der Waals surface area contributed by atoms with Gasteiger partial charge in [-0.3, -0.25) is 4.79 Å². The zero-order valence-corrected chi connectivity index (χ0v) is 11.4. The molecule has 1 unspecified atom stereocenters. The highest BCUT2D eigenvalue weighted by molar-refractivity contribution is 5.95. The number of carbonyl (C=O) groups is 1. The molecule has 1 atom stereocenters. The summed E-state index contributed by atoms with van der Waals surface area (Å²) in [5, 5.41) is 17.1. The second-order valence-corrected chi connectivity index (χ2v) is 4.92. The van der Waals surface area contributed by atoms with Crippen molar-refractivity contribution in [3.05, 3.63) is 23.0 Å². The van der Waals surface area contributed by atoms with E-state index >= 15 is 0 Å². The molecule has 5 heteroatoms. The molecule has 0 spiro atoms. The molecule has 2 rings (SSSR count). The van der Waals surface area contributed by atoms with Gasteiger partial charge in [0.25, 0.3) is 5.91 Å². The number of nitriles is 1. The van der Waals surface area contributed by atoms with Crippen molar-refractivity contribution in [2.75, 3.05) is 13.1 Å². The summed E-state index contributed by atoms with van der Waals surface area (Å²) < 4.78 is 0. The maximum atomic E-state index is 12.5. The first-order chi connectivity index (χ1) is 9.15. The van der Waals surface area contributed by atoms with Gasteiger partial charge in [-0.05, 0) is 32.3 Å². The number of carbonyl (C=O) groups excluding carboxylic acids is 1. The smallest absolute Gasteiger partial charge is 0.255 e. The van der Waals surface area contributed by atoms with E-state index in [9.17, 15) is 4.79 Å². The second kappa shape index (κ2) is 5.79. The van der Waals surface area contributed by atoms with Crippen molar-refractivity contribution in [1.29, 1.82) is 5.26 Å². The molecule has 0 radical (unpaired) electrons. The van der Waals surface area contributed by atoms with E-state index in [2.05, 4.69) is 16.3 Å². The molecule has 1 aromatic rings. The first-order valence-corrected chi connectivity index (χ1v) is 6.67. The molecular weight excluding hydrogens is 240 g/mol. The lowest BCUT2D eigenvalue weighted by Gasteiger charge is -2.30. The fourth-order valence-corrected chi connectivity index (χ4v) is 2.40. The molecule has 1 aliphatic heterocycles. The van der Waals surface area contributed by atoms with Crippen molar-refractivity contribution < 1.29 is 4.79 Å². The van der Waals surface area contributed by atoms with Crippen LogP contribution < -0.4 is 0 Å². The van der Waals surface area contributed by atoms with Crippen LogP contribution in [0.5, 0.6) is 0 Å². The van der Waals surface area contributed by atoms with Gasteiger partial charge >= 0.3 is 0 Å². The Labute approximate surface area is 113 Å². The molecule has 1 aliphatic rings. The molecule has 1 amide bonds. The molecule has 2 heterocycles. The number of hydrogen-bond acceptors (Lipinski definition) is 4. The molecule has 0 aliphatic carbocycles.